The summed E-state index contributed by atoms with van der Waals surface area (Å²) in [5.74, 6) is -0.129. The molecule has 0 atom stereocenters. The molecule has 0 spiro atoms. The minimum atomic E-state index is -0.129. The van der Waals surface area contributed by atoms with Gasteiger partial charge in [-0.2, -0.15) is 0 Å². The Morgan fingerprint density at radius 1 is 1.17 bits per heavy atom. The second-order valence-electron chi connectivity index (χ2n) is 3.59. The number of rotatable bonds is 4. The summed E-state index contributed by atoms with van der Waals surface area (Å²) < 4.78 is 0. The highest BCUT2D eigenvalue weighted by Crippen LogP contribution is 2.01. The zero-order valence-corrected chi connectivity index (χ0v) is 10.3. The quantitative estimate of drug-likeness (QED) is 0.846. The molecule has 2 aromatic heterocycles. The average Bonchev–Trinajstić information content (AvgIpc) is 2.38. The minimum Gasteiger partial charge on any atom is -0.350 e. The van der Waals surface area contributed by atoms with Gasteiger partial charge in [-0.3, -0.25) is 9.78 Å². The lowest BCUT2D eigenvalue weighted by Gasteiger charge is -2.04. The van der Waals surface area contributed by atoms with E-state index < -0.39 is 0 Å². The summed E-state index contributed by atoms with van der Waals surface area (Å²) in [4.78, 5) is 23.5. The van der Waals surface area contributed by atoms with Gasteiger partial charge in [0.25, 0.3) is 0 Å². The number of carbonyl (C=O) groups excluding carboxylic acids is 1. The number of hydrogen-bond donors (Lipinski definition) is 1. The maximum atomic E-state index is 11.7. The van der Waals surface area contributed by atoms with Gasteiger partial charge in [0.05, 0.1) is 24.4 Å². The van der Waals surface area contributed by atoms with Crippen LogP contribution in [0.1, 0.15) is 11.4 Å². The molecule has 2 aromatic rings. The molecule has 5 nitrogen and oxygen atoms in total. The van der Waals surface area contributed by atoms with Gasteiger partial charge >= 0.3 is 0 Å². The molecular formula is C12H11ClN4O. The normalized spacial score (nSPS) is 10.1. The molecule has 0 saturated carbocycles. The summed E-state index contributed by atoms with van der Waals surface area (Å²) >= 11 is 5.64. The summed E-state index contributed by atoms with van der Waals surface area (Å²) in [5, 5.41) is 2.91. The summed E-state index contributed by atoms with van der Waals surface area (Å²) in [6.45, 7) is 0.401. The third kappa shape index (κ3) is 3.78. The van der Waals surface area contributed by atoms with Gasteiger partial charge in [0.15, 0.2) is 0 Å². The van der Waals surface area contributed by atoms with Crippen molar-refractivity contribution < 1.29 is 4.79 Å². The lowest BCUT2D eigenvalue weighted by Crippen LogP contribution is -2.25. The van der Waals surface area contributed by atoms with Crippen LogP contribution in [0.5, 0.6) is 0 Å². The lowest BCUT2D eigenvalue weighted by atomic mass is 10.3. The molecule has 0 aliphatic heterocycles. The van der Waals surface area contributed by atoms with E-state index in [0.29, 0.717) is 12.2 Å². The van der Waals surface area contributed by atoms with E-state index in [2.05, 4.69) is 20.3 Å². The van der Waals surface area contributed by atoms with Gasteiger partial charge in [-0.15, -0.1) is 0 Å². The zero-order valence-electron chi connectivity index (χ0n) is 9.51. The molecule has 6 heteroatoms. The predicted molar refractivity (Wildman–Crippen MR) is 66.8 cm³/mol. The minimum absolute atomic E-state index is 0.129. The van der Waals surface area contributed by atoms with Crippen LogP contribution in [0.15, 0.2) is 36.7 Å². The molecule has 2 rings (SSSR count). The lowest BCUT2D eigenvalue weighted by molar-refractivity contribution is -0.120. The first-order valence-corrected chi connectivity index (χ1v) is 5.76. The predicted octanol–water partition coefficient (Wildman–Crippen LogP) is 1.38. The number of hydrogen-bond acceptors (Lipinski definition) is 4. The molecule has 1 N–H and O–H groups in total. The van der Waals surface area contributed by atoms with Crippen LogP contribution >= 0.6 is 11.6 Å². The topological polar surface area (TPSA) is 67.8 Å². The molecular weight excluding hydrogens is 252 g/mol. The number of carbonyl (C=O) groups is 1. The number of nitrogens with zero attached hydrogens (tertiary/aromatic N) is 3. The molecule has 2 heterocycles. The number of nitrogens with one attached hydrogen (secondary N) is 1. The molecule has 18 heavy (non-hydrogen) atoms. The van der Waals surface area contributed by atoms with Crippen molar-refractivity contribution in [2.24, 2.45) is 0 Å². The van der Waals surface area contributed by atoms with E-state index in [0.717, 1.165) is 5.69 Å². The second kappa shape index (κ2) is 6.07. The van der Waals surface area contributed by atoms with Gasteiger partial charge in [0, 0.05) is 12.4 Å². The smallest absolute Gasteiger partial charge is 0.226 e. The summed E-state index contributed by atoms with van der Waals surface area (Å²) in [6.07, 6.45) is 3.39. The van der Waals surface area contributed by atoms with E-state index in [1.165, 1.54) is 6.20 Å². The molecule has 0 unspecified atom stereocenters. The molecule has 0 fully saturated rings. The van der Waals surface area contributed by atoms with Crippen molar-refractivity contribution in [3.63, 3.8) is 0 Å². The van der Waals surface area contributed by atoms with Crippen LogP contribution in [-0.4, -0.2) is 20.9 Å². The summed E-state index contributed by atoms with van der Waals surface area (Å²) in [7, 11) is 0. The third-order valence-electron chi connectivity index (χ3n) is 2.22. The first-order valence-electron chi connectivity index (χ1n) is 5.38. The van der Waals surface area contributed by atoms with Crippen LogP contribution in [0.3, 0.4) is 0 Å². The zero-order chi connectivity index (χ0) is 12.8. The fourth-order valence-corrected chi connectivity index (χ4v) is 1.55. The fraction of sp³-hybridized carbons (Fsp3) is 0.167. The second-order valence-corrected chi connectivity index (χ2v) is 3.93. The van der Waals surface area contributed by atoms with Crippen molar-refractivity contribution in [1.82, 2.24) is 20.3 Å². The van der Waals surface area contributed by atoms with Crippen LogP contribution in [0.2, 0.25) is 5.28 Å². The Kier molecular flexibility index (Phi) is 4.20. The van der Waals surface area contributed by atoms with Gasteiger partial charge in [-0.25, -0.2) is 9.97 Å². The maximum Gasteiger partial charge on any atom is 0.226 e. The van der Waals surface area contributed by atoms with E-state index in [1.807, 2.05) is 18.2 Å². The SMILES string of the molecule is O=C(Cc1ccnc(Cl)n1)NCc1ccccn1. The molecule has 0 aromatic carbocycles. The van der Waals surface area contributed by atoms with Crippen molar-refractivity contribution in [3.8, 4) is 0 Å². The van der Waals surface area contributed by atoms with E-state index >= 15 is 0 Å². The van der Waals surface area contributed by atoms with Gasteiger partial charge in [0.2, 0.25) is 11.2 Å². The average molecular weight is 263 g/mol. The number of pyridine rings is 1. The van der Waals surface area contributed by atoms with Crippen molar-refractivity contribution in [1.29, 1.82) is 0 Å². The number of amides is 1. The summed E-state index contributed by atoms with van der Waals surface area (Å²) in [5.41, 5.74) is 1.40. The fourth-order valence-electron chi connectivity index (χ4n) is 1.39. The van der Waals surface area contributed by atoms with Crippen molar-refractivity contribution in [2.75, 3.05) is 0 Å². The van der Waals surface area contributed by atoms with Gasteiger partial charge in [0.1, 0.15) is 0 Å². The Hall–Kier alpha value is -2.01. The Balaban J connectivity index is 1.86. The van der Waals surface area contributed by atoms with E-state index in [-0.39, 0.29) is 17.6 Å². The number of aromatic nitrogens is 3. The van der Waals surface area contributed by atoms with Gasteiger partial charge in [-0.1, -0.05) is 6.07 Å². The highest BCUT2D eigenvalue weighted by atomic mass is 35.5. The Labute approximate surface area is 109 Å². The van der Waals surface area contributed by atoms with Crippen LogP contribution in [-0.2, 0) is 17.8 Å². The molecule has 0 aliphatic carbocycles. The Morgan fingerprint density at radius 2 is 2.06 bits per heavy atom. The standard InChI is InChI=1S/C12H11ClN4O/c13-12-15-6-4-9(17-12)7-11(18)16-8-10-3-1-2-5-14-10/h1-6H,7-8H2,(H,16,18). The van der Waals surface area contributed by atoms with E-state index in [4.69, 9.17) is 11.6 Å². The highest BCUT2D eigenvalue weighted by Gasteiger charge is 2.05. The van der Waals surface area contributed by atoms with Crippen molar-refractivity contribution in [3.05, 3.63) is 53.3 Å². The highest BCUT2D eigenvalue weighted by molar-refractivity contribution is 6.28. The summed E-state index contributed by atoms with van der Waals surface area (Å²) in [6, 6.07) is 7.21. The maximum absolute atomic E-state index is 11.7. The largest absolute Gasteiger partial charge is 0.350 e. The van der Waals surface area contributed by atoms with Crippen LogP contribution in [0.4, 0.5) is 0 Å². The molecule has 0 bridgehead atoms. The van der Waals surface area contributed by atoms with Crippen LogP contribution < -0.4 is 5.32 Å². The van der Waals surface area contributed by atoms with Gasteiger partial charge in [-0.05, 0) is 29.8 Å². The number of halogens is 1. The van der Waals surface area contributed by atoms with Crippen molar-refractivity contribution >= 4 is 17.5 Å². The van der Waals surface area contributed by atoms with Crippen LogP contribution in [0, 0.1) is 0 Å². The molecule has 92 valence electrons. The van der Waals surface area contributed by atoms with E-state index in [1.54, 1.807) is 12.3 Å². The van der Waals surface area contributed by atoms with Crippen molar-refractivity contribution in [2.45, 2.75) is 13.0 Å². The molecule has 1 amide bonds. The Morgan fingerprint density at radius 3 is 2.78 bits per heavy atom. The third-order valence-corrected chi connectivity index (χ3v) is 2.40. The Bertz CT molecular complexity index is 533. The molecule has 0 saturated heterocycles. The molecule has 0 aliphatic rings. The van der Waals surface area contributed by atoms with E-state index in [9.17, 15) is 4.79 Å². The van der Waals surface area contributed by atoms with Crippen LogP contribution in [0.25, 0.3) is 0 Å². The first-order chi connectivity index (χ1) is 8.74. The first kappa shape index (κ1) is 12.4. The molecule has 0 radical (unpaired) electrons. The van der Waals surface area contributed by atoms with Gasteiger partial charge < -0.3 is 5.32 Å². The monoisotopic (exact) mass is 262 g/mol.